The maximum atomic E-state index is 11.2. The topological polar surface area (TPSA) is 75.1 Å². The van der Waals surface area contributed by atoms with Crippen LogP contribution in [-0.4, -0.2) is 21.0 Å². The van der Waals surface area contributed by atoms with Gasteiger partial charge in [0.25, 0.3) is 0 Å². The van der Waals surface area contributed by atoms with E-state index in [1.54, 1.807) is 18.5 Å². The Kier molecular flexibility index (Phi) is 3.75. The number of carboxylic acid groups (broad SMARTS) is 1. The third-order valence-electron chi connectivity index (χ3n) is 2.85. The maximum Gasteiger partial charge on any atom is 0.339 e. The van der Waals surface area contributed by atoms with Gasteiger partial charge in [0.15, 0.2) is 0 Å². The highest BCUT2D eigenvalue weighted by atomic mass is 16.4. The summed E-state index contributed by atoms with van der Waals surface area (Å²) in [5.41, 5.74) is 2.56. The van der Waals surface area contributed by atoms with Crippen LogP contribution < -0.4 is 5.32 Å². The fraction of sp³-hybridized carbons (Fsp3) is 0.214. The van der Waals surface area contributed by atoms with Crippen LogP contribution in [0.1, 0.15) is 34.6 Å². The number of nitrogens with zero attached hydrogens (tertiary/aromatic N) is 2. The van der Waals surface area contributed by atoms with E-state index >= 15 is 0 Å². The predicted octanol–water partition coefficient (Wildman–Crippen LogP) is 2.66. The fourth-order valence-electron chi connectivity index (χ4n) is 1.82. The van der Waals surface area contributed by atoms with Gasteiger partial charge in [-0.25, -0.2) is 4.79 Å². The molecule has 2 aromatic rings. The quantitative estimate of drug-likeness (QED) is 0.880. The normalized spacial score (nSPS) is 11.9. The van der Waals surface area contributed by atoms with Crippen LogP contribution in [0.5, 0.6) is 0 Å². The Bertz CT molecular complexity index is 584. The number of carbonyl (C=O) groups is 1. The molecule has 2 aromatic heterocycles. The summed E-state index contributed by atoms with van der Waals surface area (Å²) in [4.78, 5) is 19.1. The summed E-state index contributed by atoms with van der Waals surface area (Å²) in [6.07, 6.45) is 4.80. The predicted molar refractivity (Wildman–Crippen MR) is 72.2 cm³/mol. The van der Waals surface area contributed by atoms with Crippen LogP contribution in [0.2, 0.25) is 0 Å². The Morgan fingerprint density at radius 1 is 1.37 bits per heavy atom. The summed E-state index contributed by atoms with van der Waals surface area (Å²) in [6.45, 7) is 3.80. The summed E-state index contributed by atoms with van der Waals surface area (Å²) >= 11 is 0. The van der Waals surface area contributed by atoms with Crippen molar-refractivity contribution >= 4 is 11.7 Å². The summed E-state index contributed by atoms with van der Waals surface area (Å²) in [7, 11) is 0. The van der Waals surface area contributed by atoms with Crippen LogP contribution in [0.25, 0.3) is 0 Å². The SMILES string of the molecule is Cc1cc(NC(C)c2ccncc2)c(C(=O)O)cn1. The third-order valence-corrected chi connectivity index (χ3v) is 2.85. The van der Waals surface area contributed by atoms with Gasteiger partial charge in [-0.05, 0) is 37.6 Å². The minimum atomic E-state index is -0.989. The van der Waals surface area contributed by atoms with Gasteiger partial charge in [0.2, 0.25) is 0 Å². The number of hydrogen-bond donors (Lipinski definition) is 2. The van der Waals surface area contributed by atoms with Gasteiger partial charge in [-0.1, -0.05) is 0 Å². The van der Waals surface area contributed by atoms with Gasteiger partial charge in [0.05, 0.1) is 5.69 Å². The van der Waals surface area contributed by atoms with Gasteiger partial charge in [0, 0.05) is 30.3 Å². The van der Waals surface area contributed by atoms with E-state index in [1.165, 1.54) is 6.20 Å². The molecule has 2 N–H and O–H groups in total. The van der Waals surface area contributed by atoms with E-state index in [0.29, 0.717) is 5.69 Å². The minimum Gasteiger partial charge on any atom is -0.478 e. The van der Waals surface area contributed by atoms with Gasteiger partial charge in [0.1, 0.15) is 5.56 Å². The fourth-order valence-corrected chi connectivity index (χ4v) is 1.82. The molecule has 0 aliphatic rings. The Hall–Kier alpha value is -2.43. The molecular formula is C14H15N3O2. The van der Waals surface area contributed by atoms with Crippen molar-refractivity contribution in [2.45, 2.75) is 19.9 Å². The molecule has 0 aromatic carbocycles. The molecule has 2 rings (SSSR count). The molecule has 0 aliphatic carbocycles. The van der Waals surface area contributed by atoms with E-state index < -0.39 is 5.97 Å². The lowest BCUT2D eigenvalue weighted by atomic mass is 10.1. The van der Waals surface area contributed by atoms with E-state index in [9.17, 15) is 4.79 Å². The second-order valence-corrected chi connectivity index (χ2v) is 4.32. The summed E-state index contributed by atoms with van der Waals surface area (Å²) < 4.78 is 0. The third kappa shape index (κ3) is 3.07. The summed E-state index contributed by atoms with van der Waals surface area (Å²) in [6, 6.07) is 5.52. The Morgan fingerprint density at radius 2 is 2.05 bits per heavy atom. The highest BCUT2D eigenvalue weighted by molar-refractivity contribution is 5.93. The Labute approximate surface area is 111 Å². The largest absolute Gasteiger partial charge is 0.478 e. The number of pyridine rings is 2. The lowest BCUT2D eigenvalue weighted by Crippen LogP contribution is -2.11. The molecule has 5 nitrogen and oxygen atoms in total. The van der Waals surface area contributed by atoms with Crippen LogP contribution in [0, 0.1) is 6.92 Å². The van der Waals surface area contributed by atoms with Crippen LogP contribution in [0.4, 0.5) is 5.69 Å². The molecule has 0 bridgehead atoms. The number of aromatic nitrogens is 2. The average molecular weight is 257 g/mol. The maximum absolute atomic E-state index is 11.2. The number of hydrogen-bond acceptors (Lipinski definition) is 4. The lowest BCUT2D eigenvalue weighted by molar-refractivity contribution is 0.0697. The molecule has 0 aliphatic heterocycles. The van der Waals surface area contributed by atoms with Gasteiger partial charge in [-0.3, -0.25) is 9.97 Å². The minimum absolute atomic E-state index is 0.0112. The van der Waals surface area contributed by atoms with Crippen molar-refractivity contribution in [2.75, 3.05) is 5.32 Å². The first-order chi connectivity index (χ1) is 9.08. The van der Waals surface area contributed by atoms with Crippen molar-refractivity contribution in [3.63, 3.8) is 0 Å². The van der Waals surface area contributed by atoms with Crippen molar-refractivity contribution < 1.29 is 9.90 Å². The standard InChI is InChI=1S/C14H15N3O2/c1-9-7-13(12(8-16-9)14(18)19)17-10(2)11-3-5-15-6-4-11/h3-8,10H,1-2H3,(H,16,17)(H,18,19). The molecule has 0 saturated heterocycles. The highest BCUT2D eigenvalue weighted by Gasteiger charge is 2.13. The monoisotopic (exact) mass is 257 g/mol. The first kappa shape index (κ1) is 13.0. The highest BCUT2D eigenvalue weighted by Crippen LogP contribution is 2.22. The molecule has 0 saturated carbocycles. The zero-order valence-corrected chi connectivity index (χ0v) is 10.8. The van der Waals surface area contributed by atoms with E-state index in [1.807, 2.05) is 26.0 Å². The van der Waals surface area contributed by atoms with E-state index in [0.717, 1.165) is 11.3 Å². The Morgan fingerprint density at radius 3 is 2.68 bits per heavy atom. The molecular weight excluding hydrogens is 242 g/mol. The molecule has 0 spiro atoms. The second kappa shape index (κ2) is 5.48. The van der Waals surface area contributed by atoms with Crippen molar-refractivity contribution in [3.8, 4) is 0 Å². The lowest BCUT2D eigenvalue weighted by Gasteiger charge is -2.17. The molecule has 19 heavy (non-hydrogen) atoms. The molecule has 2 heterocycles. The van der Waals surface area contributed by atoms with Crippen LogP contribution >= 0.6 is 0 Å². The molecule has 1 unspecified atom stereocenters. The Balaban J connectivity index is 2.28. The molecule has 0 amide bonds. The van der Waals surface area contributed by atoms with Crippen molar-refractivity contribution in [2.24, 2.45) is 0 Å². The molecule has 0 radical (unpaired) electrons. The van der Waals surface area contributed by atoms with Crippen molar-refractivity contribution in [3.05, 3.63) is 53.6 Å². The number of nitrogens with one attached hydrogen (secondary N) is 1. The van der Waals surface area contributed by atoms with E-state index in [-0.39, 0.29) is 11.6 Å². The zero-order valence-electron chi connectivity index (χ0n) is 10.8. The number of carboxylic acids is 1. The number of anilines is 1. The summed E-state index contributed by atoms with van der Waals surface area (Å²) in [5, 5.41) is 12.4. The zero-order chi connectivity index (χ0) is 13.8. The molecule has 1 atom stereocenters. The van der Waals surface area contributed by atoms with Crippen molar-refractivity contribution in [1.29, 1.82) is 0 Å². The summed E-state index contributed by atoms with van der Waals surface area (Å²) in [5.74, 6) is -0.989. The number of aromatic carboxylic acids is 1. The van der Waals surface area contributed by atoms with Gasteiger partial charge in [-0.15, -0.1) is 0 Å². The van der Waals surface area contributed by atoms with Crippen LogP contribution in [0.15, 0.2) is 36.8 Å². The molecule has 0 fully saturated rings. The molecule has 98 valence electrons. The molecule has 5 heteroatoms. The second-order valence-electron chi connectivity index (χ2n) is 4.32. The van der Waals surface area contributed by atoms with E-state index in [2.05, 4.69) is 15.3 Å². The average Bonchev–Trinajstić information content (AvgIpc) is 2.39. The number of aryl methyl sites for hydroxylation is 1. The van der Waals surface area contributed by atoms with Gasteiger partial charge >= 0.3 is 5.97 Å². The van der Waals surface area contributed by atoms with Gasteiger partial charge < -0.3 is 10.4 Å². The first-order valence-corrected chi connectivity index (χ1v) is 5.94. The van der Waals surface area contributed by atoms with Crippen LogP contribution in [0.3, 0.4) is 0 Å². The smallest absolute Gasteiger partial charge is 0.339 e. The van der Waals surface area contributed by atoms with E-state index in [4.69, 9.17) is 5.11 Å². The first-order valence-electron chi connectivity index (χ1n) is 5.94. The number of rotatable bonds is 4. The van der Waals surface area contributed by atoms with Gasteiger partial charge in [-0.2, -0.15) is 0 Å². The van der Waals surface area contributed by atoms with Crippen LogP contribution in [-0.2, 0) is 0 Å². The van der Waals surface area contributed by atoms with Crippen molar-refractivity contribution in [1.82, 2.24) is 9.97 Å².